The van der Waals surface area contributed by atoms with E-state index in [0.29, 0.717) is 16.7 Å². The number of ketones is 1. The van der Waals surface area contributed by atoms with E-state index in [0.717, 1.165) is 5.56 Å². The predicted octanol–water partition coefficient (Wildman–Crippen LogP) is 4.08. The quantitative estimate of drug-likeness (QED) is 0.438. The van der Waals surface area contributed by atoms with Gasteiger partial charge in [-0.05, 0) is 55.0 Å². The van der Waals surface area contributed by atoms with Gasteiger partial charge in [0.2, 0.25) is 5.78 Å². The van der Waals surface area contributed by atoms with Gasteiger partial charge in [0.25, 0.3) is 11.8 Å². The standard InChI is InChI=1S/C25H19FN4O3/c1-15-6-2-3-7-18(15)30-25(33)23-21(28-19-8-4-5-9-20(19)29-23)14-22(31)24(32)27-17-12-10-16(26)11-13-17/h2-13H,14H2,1H3,(H,27,32)(H,30,33). The summed E-state index contributed by atoms with van der Waals surface area (Å²) >= 11 is 0. The molecule has 7 nitrogen and oxygen atoms in total. The van der Waals surface area contributed by atoms with Crippen LogP contribution in [0.25, 0.3) is 11.0 Å². The van der Waals surface area contributed by atoms with Gasteiger partial charge in [-0.25, -0.2) is 14.4 Å². The third kappa shape index (κ3) is 5.07. The number of nitrogens with one attached hydrogen (secondary N) is 2. The van der Waals surface area contributed by atoms with Crippen molar-refractivity contribution in [3.8, 4) is 0 Å². The van der Waals surface area contributed by atoms with Crippen molar-refractivity contribution in [2.24, 2.45) is 0 Å². The van der Waals surface area contributed by atoms with E-state index in [1.54, 1.807) is 36.4 Å². The number of benzene rings is 3. The van der Waals surface area contributed by atoms with Crippen molar-refractivity contribution in [1.82, 2.24) is 9.97 Å². The lowest BCUT2D eigenvalue weighted by Crippen LogP contribution is -2.27. The highest BCUT2D eigenvalue weighted by atomic mass is 19.1. The number of hydrogen-bond donors (Lipinski definition) is 2. The van der Waals surface area contributed by atoms with Gasteiger partial charge in [-0.1, -0.05) is 30.3 Å². The number of aromatic nitrogens is 2. The average molecular weight is 442 g/mol. The fourth-order valence-electron chi connectivity index (χ4n) is 3.20. The molecule has 0 saturated carbocycles. The zero-order valence-corrected chi connectivity index (χ0v) is 17.6. The SMILES string of the molecule is Cc1ccccc1NC(=O)c1nc2ccccc2nc1CC(=O)C(=O)Nc1ccc(F)cc1. The van der Waals surface area contributed by atoms with E-state index >= 15 is 0 Å². The highest BCUT2D eigenvalue weighted by Gasteiger charge is 2.23. The minimum Gasteiger partial charge on any atom is -0.320 e. The van der Waals surface area contributed by atoms with Gasteiger partial charge in [0.15, 0.2) is 5.69 Å². The predicted molar refractivity (Wildman–Crippen MR) is 122 cm³/mol. The summed E-state index contributed by atoms with van der Waals surface area (Å²) in [4.78, 5) is 46.9. The van der Waals surface area contributed by atoms with Crippen LogP contribution in [0.3, 0.4) is 0 Å². The molecule has 0 aliphatic rings. The molecule has 0 fully saturated rings. The zero-order valence-electron chi connectivity index (χ0n) is 17.6. The van der Waals surface area contributed by atoms with Gasteiger partial charge >= 0.3 is 0 Å². The maximum Gasteiger partial charge on any atom is 0.292 e. The van der Waals surface area contributed by atoms with Gasteiger partial charge in [0, 0.05) is 11.4 Å². The molecule has 2 N–H and O–H groups in total. The van der Waals surface area contributed by atoms with Crippen LogP contribution in [-0.2, 0) is 16.0 Å². The summed E-state index contributed by atoms with van der Waals surface area (Å²) in [6.07, 6.45) is -0.429. The molecule has 4 aromatic rings. The smallest absolute Gasteiger partial charge is 0.292 e. The molecular formula is C25H19FN4O3. The number of anilines is 2. The first-order valence-electron chi connectivity index (χ1n) is 10.1. The summed E-state index contributed by atoms with van der Waals surface area (Å²) in [6, 6.07) is 19.2. The molecule has 4 rings (SSSR count). The number of carbonyl (C=O) groups is 3. The Morgan fingerprint density at radius 3 is 2.15 bits per heavy atom. The minimum atomic E-state index is -0.901. The van der Waals surface area contributed by atoms with E-state index < -0.39 is 29.8 Å². The first-order chi connectivity index (χ1) is 15.9. The number of carbonyl (C=O) groups excluding carboxylic acids is 3. The lowest BCUT2D eigenvalue weighted by molar-refractivity contribution is -0.134. The highest BCUT2D eigenvalue weighted by molar-refractivity contribution is 6.41. The molecule has 1 heterocycles. The second-order valence-corrected chi connectivity index (χ2v) is 7.34. The number of hydrogen-bond acceptors (Lipinski definition) is 5. The molecule has 2 amide bonds. The van der Waals surface area contributed by atoms with E-state index in [9.17, 15) is 18.8 Å². The zero-order chi connectivity index (χ0) is 23.4. The van der Waals surface area contributed by atoms with Crippen LogP contribution in [0.4, 0.5) is 15.8 Å². The number of rotatable bonds is 6. The van der Waals surface area contributed by atoms with Gasteiger partial charge in [-0.15, -0.1) is 0 Å². The second kappa shape index (κ2) is 9.35. The summed E-state index contributed by atoms with van der Waals surface area (Å²) in [5, 5.41) is 5.21. The molecule has 0 spiro atoms. The molecular weight excluding hydrogens is 423 g/mol. The van der Waals surface area contributed by atoms with Crippen LogP contribution in [0, 0.1) is 12.7 Å². The van der Waals surface area contributed by atoms with E-state index in [2.05, 4.69) is 20.6 Å². The van der Waals surface area contributed by atoms with Crippen molar-refractivity contribution in [3.63, 3.8) is 0 Å². The number of halogens is 1. The van der Waals surface area contributed by atoms with Crippen LogP contribution in [-0.4, -0.2) is 27.6 Å². The Bertz CT molecular complexity index is 1370. The molecule has 0 aliphatic heterocycles. The fraction of sp³-hybridized carbons (Fsp3) is 0.0800. The summed E-state index contributed by atoms with van der Waals surface area (Å²) in [5.74, 6) is -2.71. The van der Waals surface area contributed by atoms with Gasteiger partial charge in [0.1, 0.15) is 5.82 Å². The first kappa shape index (κ1) is 21.8. The molecule has 1 aromatic heterocycles. The maximum atomic E-state index is 13.1. The van der Waals surface area contributed by atoms with E-state index in [-0.39, 0.29) is 17.1 Å². The number of para-hydroxylation sites is 3. The number of Topliss-reactive ketones (excluding diaryl/α,β-unsaturated/α-hetero) is 1. The second-order valence-electron chi connectivity index (χ2n) is 7.34. The third-order valence-electron chi connectivity index (χ3n) is 4.93. The topological polar surface area (TPSA) is 101 Å². The Morgan fingerprint density at radius 1 is 0.818 bits per heavy atom. The van der Waals surface area contributed by atoms with Gasteiger partial charge in [-0.3, -0.25) is 14.4 Å². The van der Waals surface area contributed by atoms with Crippen LogP contribution >= 0.6 is 0 Å². The summed E-state index contributed by atoms with van der Waals surface area (Å²) in [7, 11) is 0. The number of aryl methyl sites for hydroxylation is 1. The van der Waals surface area contributed by atoms with E-state index in [1.165, 1.54) is 24.3 Å². The van der Waals surface area contributed by atoms with Gasteiger partial charge in [-0.2, -0.15) is 0 Å². The van der Waals surface area contributed by atoms with Crippen molar-refractivity contribution in [2.75, 3.05) is 10.6 Å². The summed E-state index contributed by atoms with van der Waals surface area (Å²) in [5.41, 5.74) is 2.75. The first-order valence-corrected chi connectivity index (χ1v) is 10.1. The Hall–Kier alpha value is -4.46. The molecule has 3 aromatic carbocycles. The molecule has 8 heteroatoms. The van der Waals surface area contributed by atoms with Crippen LogP contribution in [0.15, 0.2) is 72.8 Å². The van der Waals surface area contributed by atoms with Gasteiger partial charge in [0.05, 0.1) is 23.1 Å². The number of amides is 2. The summed E-state index contributed by atoms with van der Waals surface area (Å²) < 4.78 is 13.1. The fourth-order valence-corrected chi connectivity index (χ4v) is 3.20. The molecule has 0 radical (unpaired) electrons. The highest BCUT2D eigenvalue weighted by Crippen LogP contribution is 2.18. The van der Waals surface area contributed by atoms with Crippen molar-refractivity contribution < 1.29 is 18.8 Å². The average Bonchev–Trinajstić information content (AvgIpc) is 2.81. The molecule has 0 aliphatic carbocycles. The molecule has 0 bridgehead atoms. The minimum absolute atomic E-state index is 0.0418. The van der Waals surface area contributed by atoms with Crippen LogP contribution in [0.2, 0.25) is 0 Å². The molecule has 0 saturated heterocycles. The van der Waals surface area contributed by atoms with Gasteiger partial charge < -0.3 is 10.6 Å². The number of nitrogens with zero attached hydrogens (tertiary/aromatic N) is 2. The molecule has 0 unspecified atom stereocenters. The lowest BCUT2D eigenvalue weighted by atomic mass is 10.1. The largest absolute Gasteiger partial charge is 0.320 e. The summed E-state index contributed by atoms with van der Waals surface area (Å²) in [6.45, 7) is 1.85. The van der Waals surface area contributed by atoms with Crippen LogP contribution in [0.1, 0.15) is 21.7 Å². The normalized spacial score (nSPS) is 10.6. The molecule has 164 valence electrons. The monoisotopic (exact) mass is 442 g/mol. The lowest BCUT2D eigenvalue weighted by Gasteiger charge is -2.11. The van der Waals surface area contributed by atoms with E-state index in [4.69, 9.17) is 0 Å². The number of fused-ring (bicyclic) bond motifs is 1. The molecule has 33 heavy (non-hydrogen) atoms. The maximum absolute atomic E-state index is 13.1. The molecule has 0 atom stereocenters. The van der Waals surface area contributed by atoms with Crippen LogP contribution < -0.4 is 10.6 Å². The Labute approximate surface area is 188 Å². The van der Waals surface area contributed by atoms with Crippen molar-refractivity contribution in [2.45, 2.75) is 13.3 Å². The van der Waals surface area contributed by atoms with Crippen LogP contribution in [0.5, 0.6) is 0 Å². The Balaban J connectivity index is 1.62. The van der Waals surface area contributed by atoms with Crippen molar-refractivity contribution in [1.29, 1.82) is 0 Å². The Kier molecular flexibility index (Phi) is 6.17. The van der Waals surface area contributed by atoms with E-state index in [1.807, 2.05) is 19.1 Å². The third-order valence-corrected chi connectivity index (χ3v) is 4.93. The van der Waals surface area contributed by atoms with Crippen molar-refractivity contribution in [3.05, 3.63) is 95.6 Å². The Morgan fingerprint density at radius 2 is 1.45 bits per heavy atom. The van der Waals surface area contributed by atoms with Crippen molar-refractivity contribution >= 4 is 40.0 Å².